The molecular formula is C18H23NO4. The van der Waals surface area contributed by atoms with Gasteiger partial charge in [0.15, 0.2) is 5.76 Å². The van der Waals surface area contributed by atoms with Crippen molar-refractivity contribution in [1.82, 2.24) is 4.90 Å². The third-order valence-corrected chi connectivity index (χ3v) is 3.94. The Bertz CT molecular complexity index is 618. The standard InChI is InChI=1S/C18H23NO4/c1-4-6-11-19-15(13-9-7-12(3)8-10-13)14(16(20)17(19)21)18(22)23-5-2/h7-10,15,20H,4-6,11H2,1-3H3. The van der Waals surface area contributed by atoms with Crippen LogP contribution in [0.2, 0.25) is 0 Å². The molecule has 1 heterocycles. The molecule has 5 heteroatoms. The number of rotatable bonds is 6. The maximum absolute atomic E-state index is 12.4. The fourth-order valence-electron chi connectivity index (χ4n) is 2.73. The summed E-state index contributed by atoms with van der Waals surface area (Å²) < 4.78 is 5.04. The number of aryl methyl sites for hydroxylation is 1. The summed E-state index contributed by atoms with van der Waals surface area (Å²) in [7, 11) is 0. The van der Waals surface area contributed by atoms with Crippen molar-refractivity contribution in [2.75, 3.05) is 13.2 Å². The maximum Gasteiger partial charge on any atom is 0.340 e. The van der Waals surface area contributed by atoms with Crippen molar-refractivity contribution < 1.29 is 19.4 Å². The summed E-state index contributed by atoms with van der Waals surface area (Å²) in [6, 6.07) is 7.02. The average Bonchev–Trinajstić information content (AvgIpc) is 2.78. The summed E-state index contributed by atoms with van der Waals surface area (Å²) in [5.41, 5.74) is 1.92. The molecule has 1 atom stereocenters. The van der Waals surface area contributed by atoms with E-state index in [-0.39, 0.29) is 12.2 Å². The molecule has 1 aromatic carbocycles. The molecule has 0 aromatic heterocycles. The van der Waals surface area contributed by atoms with Gasteiger partial charge in [0.1, 0.15) is 5.57 Å². The van der Waals surface area contributed by atoms with Gasteiger partial charge in [-0.25, -0.2) is 4.79 Å². The molecule has 1 amide bonds. The lowest BCUT2D eigenvalue weighted by molar-refractivity contribution is -0.139. The van der Waals surface area contributed by atoms with E-state index in [1.54, 1.807) is 11.8 Å². The molecule has 0 bridgehead atoms. The number of hydrogen-bond acceptors (Lipinski definition) is 4. The van der Waals surface area contributed by atoms with E-state index in [1.807, 2.05) is 38.1 Å². The highest BCUT2D eigenvalue weighted by Gasteiger charge is 2.43. The quantitative estimate of drug-likeness (QED) is 0.819. The molecule has 1 aliphatic heterocycles. The molecule has 1 N–H and O–H groups in total. The Balaban J connectivity index is 2.45. The van der Waals surface area contributed by atoms with Crippen molar-refractivity contribution in [2.45, 2.75) is 39.7 Å². The number of benzene rings is 1. The second-order valence-electron chi connectivity index (χ2n) is 5.65. The normalized spacial score (nSPS) is 17.8. The number of carbonyl (C=O) groups excluding carboxylic acids is 2. The number of nitrogens with zero attached hydrogens (tertiary/aromatic N) is 1. The zero-order valence-electron chi connectivity index (χ0n) is 13.8. The topological polar surface area (TPSA) is 66.8 Å². The van der Waals surface area contributed by atoms with Gasteiger partial charge in [-0.3, -0.25) is 4.79 Å². The molecule has 0 spiro atoms. The first-order valence-electron chi connectivity index (χ1n) is 7.99. The van der Waals surface area contributed by atoms with E-state index in [0.29, 0.717) is 6.54 Å². The summed E-state index contributed by atoms with van der Waals surface area (Å²) in [6.07, 6.45) is 1.72. The van der Waals surface area contributed by atoms with Gasteiger partial charge in [-0.2, -0.15) is 0 Å². The Kier molecular flexibility index (Phi) is 5.42. The zero-order valence-corrected chi connectivity index (χ0v) is 13.8. The van der Waals surface area contributed by atoms with Crippen molar-refractivity contribution >= 4 is 11.9 Å². The molecule has 23 heavy (non-hydrogen) atoms. The van der Waals surface area contributed by atoms with Crippen molar-refractivity contribution in [1.29, 1.82) is 0 Å². The molecule has 0 aliphatic carbocycles. The number of aliphatic hydroxyl groups excluding tert-OH is 1. The molecule has 1 aliphatic rings. The van der Waals surface area contributed by atoms with Gasteiger partial charge in [-0.05, 0) is 25.8 Å². The van der Waals surface area contributed by atoms with Crippen LogP contribution in [0, 0.1) is 6.92 Å². The lowest BCUT2D eigenvalue weighted by Crippen LogP contribution is -2.32. The minimum absolute atomic E-state index is 0.0387. The first kappa shape index (κ1) is 17.1. The molecule has 0 radical (unpaired) electrons. The third-order valence-electron chi connectivity index (χ3n) is 3.94. The Morgan fingerprint density at radius 3 is 2.48 bits per heavy atom. The zero-order chi connectivity index (χ0) is 17.0. The van der Waals surface area contributed by atoms with Gasteiger partial charge in [-0.1, -0.05) is 43.2 Å². The number of aliphatic hydroxyl groups is 1. The van der Waals surface area contributed by atoms with Crippen LogP contribution < -0.4 is 0 Å². The lowest BCUT2D eigenvalue weighted by Gasteiger charge is -2.26. The summed E-state index contributed by atoms with van der Waals surface area (Å²) in [4.78, 5) is 26.2. The third kappa shape index (κ3) is 3.38. The number of esters is 1. The molecule has 1 aromatic rings. The molecule has 0 fully saturated rings. The van der Waals surface area contributed by atoms with Gasteiger partial charge >= 0.3 is 5.97 Å². The predicted molar refractivity (Wildman–Crippen MR) is 86.8 cm³/mol. The monoisotopic (exact) mass is 317 g/mol. The van der Waals surface area contributed by atoms with Gasteiger partial charge in [0.05, 0.1) is 12.6 Å². The highest BCUT2D eigenvalue weighted by atomic mass is 16.5. The predicted octanol–water partition coefficient (Wildman–Crippen LogP) is 3.05. The number of unbranched alkanes of at least 4 members (excludes halogenated alkanes) is 1. The molecule has 0 saturated heterocycles. The van der Waals surface area contributed by atoms with Crippen LogP contribution in [0.5, 0.6) is 0 Å². The fourth-order valence-corrected chi connectivity index (χ4v) is 2.73. The van der Waals surface area contributed by atoms with Gasteiger partial charge in [-0.15, -0.1) is 0 Å². The van der Waals surface area contributed by atoms with Crippen LogP contribution in [0.1, 0.15) is 43.9 Å². The van der Waals surface area contributed by atoms with Gasteiger partial charge in [0, 0.05) is 6.54 Å². The van der Waals surface area contributed by atoms with E-state index in [1.165, 1.54) is 0 Å². The van der Waals surface area contributed by atoms with Crippen LogP contribution in [0.25, 0.3) is 0 Å². The lowest BCUT2D eigenvalue weighted by atomic mass is 9.98. The van der Waals surface area contributed by atoms with Crippen LogP contribution in [0.4, 0.5) is 0 Å². The Labute approximate surface area is 136 Å². The van der Waals surface area contributed by atoms with E-state index < -0.39 is 23.7 Å². The summed E-state index contributed by atoms with van der Waals surface area (Å²) >= 11 is 0. The first-order valence-corrected chi connectivity index (χ1v) is 7.99. The molecule has 124 valence electrons. The average molecular weight is 317 g/mol. The van der Waals surface area contributed by atoms with E-state index in [2.05, 4.69) is 0 Å². The minimum Gasteiger partial charge on any atom is -0.503 e. The van der Waals surface area contributed by atoms with Crippen LogP contribution in [-0.2, 0) is 14.3 Å². The maximum atomic E-state index is 12.4. The van der Waals surface area contributed by atoms with Crippen LogP contribution >= 0.6 is 0 Å². The number of carbonyl (C=O) groups is 2. The van der Waals surface area contributed by atoms with Crippen molar-refractivity contribution in [3.8, 4) is 0 Å². The highest BCUT2D eigenvalue weighted by molar-refractivity contribution is 6.06. The van der Waals surface area contributed by atoms with Crippen molar-refractivity contribution in [3.05, 3.63) is 46.7 Å². The van der Waals surface area contributed by atoms with Gasteiger partial charge in [0.25, 0.3) is 5.91 Å². The second kappa shape index (κ2) is 7.31. The SMILES string of the molecule is CCCCN1C(=O)C(O)=C(C(=O)OCC)C1c1ccc(C)cc1. The number of hydrogen-bond donors (Lipinski definition) is 1. The molecule has 0 saturated carbocycles. The highest BCUT2D eigenvalue weighted by Crippen LogP contribution is 2.38. The Morgan fingerprint density at radius 1 is 1.26 bits per heavy atom. The summed E-state index contributed by atoms with van der Waals surface area (Å²) in [6.45, 7) is 6.38. The van der Waals surface area contributed by atoms with Crippen molar-refractivity contribution in [3.63, 3.8) is 0 Å². The molecular weight excluding hydrogens is 294 g/mol. The van der Waals surface area contributed by atoms with E-state index in [4.69, 9.17) is 4.74 Å². The van der Waals surface area contributed by atoms with Crippen LogP contribution in [0.3, 0.4) is 0 Å². The van der Waals surface area contributed by atoms with Gasteiger partial charge < -0.3 is 14.7 Å². The Morgan fingerprint density at radius 2 is 1.91 bits per heavy atom. The second-order valence-corrected chi connectivity index (χ2v) is 5.65. The summed E-state index contributed by atoms with van der Waals surface area (Å²) in [5, 5.41) is 10.2. The van der Waals surface area contributed by atoms with E-state index in [9.17, 15) is 14.7 Å². The number of amides is 1. The number of ether oxygens (including phenoxy) is 1. The largest absolute Gasteiger partial charge is 0.503 e. The van der Waals surface area contributed by atoms with Gasteiger partial charge in [0.2, 0.25) is 0 Å². The molecule has 1 unspecified atom stereocenters. The van der Waals surface area contributed by atoms with E-state index >= 15 is 0 Å². The smallest absolute Gasteiger partial charge is 0.340 e. The summed E-state index contributed by atoms with van der Waals surface area (Å²) in [5.74, 6) is -1.64. The minimum atomic E-state index is -0.636. The first-order chi connectivity index (χ1) is 11.0. The van der Waals surface area contributed by atoms with E-state index in [0.717, 1.165) is 24.0 Å². The molecule has 2 rings (SSSR count). The van der Waals surface area contributed by atoms with Crippen LogP contribution in [0.15, 0.2) is 35.6 Å². The van der Waals surface area contributed by atoms with Crippen molar-refractivity contribution in [2.24, 2.45) is 0 Å². The molecule has 5 nitrogen and oxygen atoms in total. The Hall–Kier alpha value is -2.30. The fraction of sp³-hybridized carbons (Fsp3) is 0.444. The van der Waals surface area contributed by atoms with Crippen LogP contribution in [-0.4, -0.2) is 35.0 Å².